The minimum atomic E-state index is 0.185. The van der Waals surface area contributed by atoms with Crippen LogP contribution in [0.5, 0.6) is 0 Å². The van der Waals surface area contributed by atoms with Gasteiger partial charge < -0.3 is 4.52 Å². The number of aromatic nitrogens is 4. The molecule has 3 rings (SSSR count). The van der Waals surface area contributed by atoms with E-state index in [9.17, 15) is 4.79 Å². The highest BCUT2D eigenvalue weighted by atomic mass is 16.5. The van der Waals surface area contributed by atoms with Gasteiger partial charge in [0.2, 0.25) is 11.7 Å². The van der Waals surface area contributed by atoms with Gasteiger partial charge in [0.05, 0.1) is 6.42 Å². The lowest BCUT2D eigenvalue weighted by Gasteiger charge is -2.04. The van der Waals surface area contributed by atoms with Crippen molar-refractivity contribution in [2.45, 2.75) is 32.1 Å². The molecule has 0 atom stereocenters. The van der Waals surface area contributed by atoms with Crippen LogP contribution >= 0.6 is 0 Å². The standard InChI is InChI=1S/C13H16N4O2/c1-17-7-6-10(15-17)13-14-12(19-16-13)8-11(18)9-4-2-3-5-9/h6-7,9H,2-5,8H2,1H3. The maximum absolute atomic E-state index is 12.0. The molecule has 0 aromatic carbocycles. The van der Waals surface area contributed by atoms with Gasteiger partial charge in [-0.2, -0.15) is 10.1 Å². The Labute approximate surface area is 110 Å². The van der Waals surface area contributed by atoms with Crippen LogP contribution in [0.4, 0.5) is 0 Å². The summed E-state index contributed by atoms with van der Waals surface area (Å²) in [4.78, 5) is 16.2. The maximum atomic E-state index is 12.0. The highest BCUT2D eigenvalue weighted by molar-refractivity contribution is 5.82. The van der Waals surface area contributed by atoms with Crippen LogP contribution in [-0.2, 0) is 18.3 Å². The van der Waals surface area contributed by atoms with Crippen LogP contribution in [0.2, 0.25) is 0 Å². The van der Waals surface area contributed by atoms with Crippen LogP contribution in [0, 0.1) is 5.92 Å². The Morgan fingerprint density at radius 2 is 2.26 bits per heavy atom. The van der Waals surface area contributed by atoms with Crippen molar-refractivity contribution in [3.8, 4) is 11.5 Å². The third-order valence-corrected chi connectivity index (χ3v) is 3.55. The van der Waals surface area contributed by atoms with Gasteiger partial charge in [0.15, 0.2) is 0 Å². The molecule has 0 aliphatic heterocycles. The first-order chi connectivity index (χ1) is 9.22. The van der Waals surface area contributed by atoms with Crippen LogP contribution in [0.15, 0.2) is 16.8 Å². The fourth-order valence-electron chi connectivity index (χ4n) is 2.51. The Morgan fingerprint density at radius 1 is 1.47 bits per heavy atom. The van der Waals surface area contributed by atoms with Crippen molar-refractivity contribution in [3.63, 3.8) is 0 Å². The number of hydrogen-bond donors (Lipinski definition) is 0. The Bertz CT molecular complexity index is 581. The van der Waals surface area contributed by atoms with Crippen LogP contribution in [-0.4, -0.2) is 25.7 Å². The van der Waals surface area contributed by atoms with E-state index in [4.69, 9.17) is 4.52 Å². The summed E-state index contributed by atoms with van der Waals surface area (Å²) in [5.74, 6) is 1.23. The molecule has 6 heteroatoms. The lowest BCUT2D eigenvalue weighted by Crippen LogP contribution is -2.13. The van der Waals surface area contributed by atoms with Crippen molar-refractivity contribution in [2.24, 2.45) is 13.0 Å². The second-order valence-corrected chi connectivity index (χ2v) is 5.01. The van der Waals surface area contributed by atoms with Gasteiger partial charge in [0.25, 0.3) is 0 Å². The lowest BCUT2D eigenvalue weighted by atomic mass is 10.0. The monoisotopic (exact) mass is 260 g/mol. The molecule has 6 nitrogen and oxygen atoms in total. The minimum absolute atomic E-state index is 0.185. The van der Waals surface area contributed by atoms with Crippen LogP contribution in [0.3, 0.4) is 0 Å². The van der Waals surface area contributed by atoms with Crippen LogP contribution in [0.25, 0.3) is 11.5 Å². The van der Waals surface area contributed by atoms with E-state index < -0.39 is 0 Å². The molecule has 0 N–H and O–H groups in total. The zero-order valence-electron chi connectivity index (χ0n) is 10.9. The number of carbonyl (C=O) groups excluding carboxylic acids is 1. The van der Waals surface area contributed by atoms with Crippen molar-refractivity contribution in [2.75, 3.05) is 0 Å². The topological polar surface area (TPSA) is 73.8 Å². The van der Waals surface area contributed by atoms with E-state index in [0.717, 1.165) is 25.7 Å². The SMILES string of the molecule is Cn1ccc(-c2noc(CC(=O)C3CCCC3)n2)n1. The molecule has 2 aromatic heterocycles. The summed E-state index contributed by atoms with van der Waals surface area (Å²) in [6, 6.07) is 1.81. The van der Waals surface area contributed by atoms with E-state index in [1.54, 1.807) is 4.68 Å². The second kappa shape index (κ2) is 4.95. The number of aryl methyl sites for hydroxylation is 1. The Balaban J connectivity index is 1.69. The van der Waals surface area contributed by atoms with Crippen molar-refractivity contribution in [1.82, 2.24) is 19.9 Å². The molecule has 1 aliphatic carbocycles. The molecule has 1 aliphatic rings. The number of rotatable bonds is 4. The van der Waals surface area contributed by atoms with Gasteiger partial charge in [-0.1, -0.05) is 18.0 Å². The Kier molecular flexibility index (Phi) is 3.15. The highest BCUT2D eigenvalue weighted by Crippen LogP contribution is 2.26. The predicted molar refractivity (Wildman–Crippen MR) is 67.2 cm³/mol. The van der Waals surface area contributed by atoms with Gasteiger partial charge in [0, 0.05) is 19.2 Å². The minimum Gasteiger partial charge on any atom is -0.338 e. The first kappa shape index (κ1) is 12.1. The van der Waals surface area contributed by atoms with E-state index in [1.807, 2.05) is 19.3 Å². The molecule has 19 heavy (non-hydrogen) atoms. The maximum Gasteiger partial charge on any atom is 0.234 e. The molecular formula is C13H16N4O2. The van der Waals surface area contributed by atoms with Crippen molar-refractivity contribution in [3.05, 3.63) is 18.2 Å². The summed E-state index contributed by atoms with van der Waals surface area (Å²) in [5, 5.41) is 8.06. The number of nitrogens with zero attached hydrogens (tertiary/aromatic N) is 4. The number of ketones is 1. The largest absolute Gasteiger partial charge is 0.338 e. The Hall–Kier alpha value is -1.98. The fourth-order valence-corrected chi connectivity index (χ4v) is 2.51. The molecule has 0 bridgehead atoms. The summed E-state index contributed by atoms with van der Waals surface area (Å²) < 4.78 is 6.80. The zero-order chi connectivity index (χ0) is 13.2. The van der Waals surface area contributed by atoms with Gasteiger partial charge in [-0.3, -0.25) is 9.48 Å². The quantitative estimate of drug-likeness (QED) is 0.837. The molecule has 0 amide bonds. The molecule has 100 valence electrons. The summed E-state index contributed by atoms with van der Waals surface area (Å²) in [5.41, 5.74) is 0.658. The molecule has 1 saturated carbocycles. The van der Waals surface area contributed by atoms with Gasteiger partial charge in [-0.15, -0.1) is 0 Å². The smallest absolute Gasteiger partial charge is 0.234 e. The van der Waals surface area contributed by atoms with Crippen LogP contribution < -0.4 is 0 Å². The molecule has 0 unspecified atom stereocenters. The van der Waals surface area contributed by atoms with E-state index in [-0.39, 0.29) is 18.1 Å². The van der Waals surface area contributed by atoms with Gasteiger partial charge in [-0.05, 0) is 18.9 Å². The Morgan fingerprint density at radius 3 is 2.95 bits per heavy atom. The molecule has 0 saturated heterocycles. The number of carbonyl (C=O) groups is 1. The van der Waals surface area contributed by atoms with Crippen molar-refractivity contribution < 1.29 is 9.32 Å². The second-order valence-electron chi connectivity index (χ2n) is 5.01. The van der Waals surface area contributed by atoms with Crippen LogP contribution in [0.1, 0.15) is 31.6 Å². The number of Topliss-reactive ketones (excluding diaryl/α,β-unsaturated/α-hetero) is 1. The van der Waals surface area contributed by atoms with Gasteiger partial charge in [0.1, 0.15) is 11.5 Å². The van der Waals surface area contributed by atoms with E-state index >= 15 is 0 Å². The first-order valence-corrected chi connectivity index (χ1v) is 6.57. The first-order valence-electron chi connectivity index (χ1n) is 6.57. The lowest BCUT2D eigenvalue weighted by molar-refractivity contribution is -0.122. The third-order valence-electron chi connectivity index (χ3n) is 3.55. The molecule has 0 radical (unpaired) electrons. The number of hydrogen-bond acceptors (Lipinski definition) is 5. The van der Waals surface area contributed by atoms with Crippen molar-refractivity contribution >= 4 is 5.78 Å². The van der Waals surface area contributed by atoms with Gasteiger partial charge in [-0.25, -0.2) is 0 Å². The summed E-state index contributed by atoms with van der Waals surface area (Å²) in [6.45, 7) is 0. The van der Waals surface area contributed by atoms with Crippen molar-refractivity contribution in [1.29, 1.82) is 0 Å². The van der Waals surface area contributed by atoms with E-state index in [0.29, 0.717) is 17.4 Å². The molecular weight excluding hydrogens is 244 g/mol. The fraction of sp³-hybridized carbons (Fsp3) is 0.538. The summed E-state index contributed by atoms with van der Waals surface area (Å²) in [6.07, 6.45) is 6.36. The molecule has 1 fully saturated rings. The average Bonchev–Trinajstić information content (AvgIpc) is 3.07. The van der Waals surface area contributed by atoms with E-state index in [2.05, 4.69) is 15.2 Å². The summed E-state index contributed by atoms with van der Waals surface area (Å²) in [7, 11) is 1.83. The highest BCUT2D eigenvalue weighted by Gasteiger charge is 2.24. The molecule has 2 heterocycles. The predicted octanol–water partition coefficient (Wildman–Crippen LogP) is 1.77. The molecule has 0 spiro atoms. The third kappa shape index (κ3) is 2.57. The van der Waals surface area contributed by atoms with Gasteiger partial charge >= 0.3 is 0 Å². The van der Waals surface area contributed by atoms with E-state index in [1.165, 1.54) is 0 Å². The average molecular weight is 260 g/mol. The summed E-state index contributed by atoms with van der Waals surface area (Å²) >= 11 is 0. The molecule has 2 aromatic rings. The zero-order valence-corrected chi connectivity index (χ0v) is 10.9. The normalized spacial score (nSPS) is 16.1.